The number of carbonyl (C=O) groups excluding carboxylic acids is 1. The maximum atomic E-state index is 12.6. The Labute approximate surface area is 144 Å². The minimum absolute atomic E-state index is 0.0392. The molecule has 0 unspecified atom stereocenters. The van der Waals surface area contributed by atoms with E-state index >= 15 is 0 Å². The van der Waals surface area contributed by atoms with E-state index in [-0.39, 0.29) is 11.9 Å². The topological polar surface area (TPSA) is 56.1 Å². The zero-order valence-electron chi connectivity index (χ0n) is 14.3. The van der Waals surface area contributed by atoms with Crippen LogP contribution >= 0.6 is 0 Å². The summed E-state index contributed by atoms with van der Waals surface area (Å²) in [5, 5.41) is 12.3. The fraction of sp³-hybridized carbons (Fsp3) is 0.600. The largest absolute Gasteiger partial charge is 0.349 e. The maximum absolute atomic E-state index is 12.6. The Kier molecular flexibility index (Phi) is 5.87. The summed E-state index contributed by atoms with van der Waals surface area (Å²) in [6.45, 7) is 3.53. The third-order valence-electron chi connectivity index (χ3n) is 5.42. The molecule has 1 amide bonds. The average Bonchev–Trinajstić information content (AvgIpc) is 2.64. The second kappa shape index (κ2) is 8.30. The Morgan fingerprint density at radius 1 is 1.17 bits per heavy atom. The molecule has 2 fully saturated rings. The zero-order valence-corrected chi connectivity index (χ0v) is 14.3. The molecule has 0 radical (unpaired) electrons. The molecule has 1 heterocycles. The molecule has 0 spiro atoms. The molecule has 1 aliphatic heterocycles. The summed E-state index contributed by atoms with van der Waals surface area (Å²) in [6, 6.07) is 9.34. The lowest BCUT2D eigenvalue weighted by molar-refractivity contribution is 0.0877. The number of hydrogen-bond donors (Lipinski definition) is 1. The first-order chi connectivity index (χ1) is 11.8. The van der Waals surface area contributed by atoms with Crippen molar-refractivity contribution in [3.63, 3.8) is 0 Å². The molecule has 24 heavy (non-hydrogen) atoms. The summed E-state index contributed by atoms with van der Waals surface area (Å²) >= 11 is 0. The van der Waals surface area contributed by atoms with Crippen molar-refractivity contribution in [2.24, 2.45) is 5.92 Å². The number of benzene rings is 1. The van der Waals surface area contributed by atoms with Gasteiger partial charge in [-0.25, -0.2) is 0 Å². The van der Waals surface area contributed by atoms with Crippen LogP contribution in [0.25, 0.3) is 0 Å². The Morgan fingerprint density at radius 2 is 1.96 bits per heavy atom. The maximum Gasteiger partial charge on any atom is 0.251 e. The van der Waals surface area contributed by atoms with Crippen LogP contribution in [0.3, 0.4) is 0 Å². The summed E-state index contributed by atoms with van der Waals surface area (Å²) < 4.78 is 0. The molecule has 0 aromatic heterocycles. The molecule has 3 rings (SSSR count). The molecular formula is C20H27N3O. The molecule has 1 aromatic carbocycles. The van der Waals surface area contributed by atoms with Crippen molar-refractivity contribution in [1.82, 2.24) is 10.2 Å². The standard InChI is InChI=1S/C20H27N3O/c21-14-16-7-6-9-17(13-16)20(24)22-19-10-3-2-8-18(19)15-23-11-4-1-5-12-23/h6-7,9,13,18-19H,1-5,8,10-12,15H2,(H,22,24)/t18-,19+/m0/s1. The molecule has 2 aliphatic rings. The third-order valence-corrected chi connectivity index (χ3v) is 5.42. The van der Waals surface area contributed by atoms with E-state index in [0.717, 1.165) is 13.0 Å². The van der Waals surface area contributed by atoms with Crippen LogP contribution in [0.2, 0.25) is 0 Å². The van der Waals surface area contributed by atoms with Gasteiger partial charge in [0.1, 0.15) is 0 Å². The van der Waals surface area contributed by atoms with Crippen molar-refractivity contribution in [2.75, 3.05) is 19.6 Å². The van der Waals surface area contributed by atoms with Crippen LogP contribution in [-0.4, -0.2) is 36.5 Å². The molecule has 1 aliphatic carbocycles. The van der Waals surface area contributed by atoms with Crippen LogP contribution < -0.4 is 5.32 Å². The molecule has 0 bridgehead atoms. The van der Waals surface area contributed by atoms with Gasteiger partial charge < -0.3 is 10.2 Å². The molecule has 1 saturated carbocycles. The highest BCUT2D eigenvalue weighted by Crippen LogP contribution is 2.26. The highest BCUT2D eigenvalue weighted by molar-refractivity contribution is 5.94. The van der Waals surface area contributed by atoms with Gasteiger partial charge in [-0.3, -0.25) is 4.79 Å². The van der Waals surface area contributed by atoms with Gasteiger partial charge in [0.2, 0.25) is 0 Å². The van der Waals surface area contributed by atoms with Gasteiger partial charge in [-0.05, 0) is 62.9 Å². The van der Waals surface area contributed by atoms with E-state index < -0.39 is 0 Å². The number of nitrogens with zero attached hydrogens (tertiary/aromatic N) is 2. The smallest absolute Gasteiger partial charge is 0.251 e. The van der Waals surface area contributed by atoms with Crippen molar-refractivity contribution < 1.29 is 4.79 Å². The van der Waals surface area contributed by atoms with Crippen molar-refractivity contribution in [1.29, 1.82) is 5.26 Å². The summed E-state index contributed by atoms with van der Waals surface area (Å²) in [6.07, 6.45) is 8.72. The Morgan fingerprint density at radius 3 is 2.75 bits per heavy atom. The third kappa shape index (κ3) is 4.36. The van der Waals surface area contributed by atoms with Crippen LogP contribution in [0.5, 0.6) is 0 Å². The molecule has 128 valence electrons. The van der Waals surface area contributed by atoms with Crippen LogP contribution in [0.4, 0.5) is 0 Å². The quantitative estimate of drug-likeness (QED) is 0.924. The SMILES string of the molecule is N#Cc1cccc(C(=O)N[C@@H]2CCCC[C@H]2CN2CCCCC2)c1. The normalized spacial score (nSPS) is 25.0. The number of hydrogen-bond acceptors (Lipinski definition) is 3. The Hall–Kier alpha value is -1.86. The minimum atomic E-state index is -0.0392. The lowest BCUT2D eigenvalue weighted by atomic mass is 9.83. The summed E-state index contributed by atoms with van der Waals surface area (Å²) in [4.78, 5) is 15.2. The molecule has 4 nitrogen and oxygen atoms in total. The van der Waals surface area contributed by atoms with E-state index in [0.29, 0.717) is 17.0 Å². The van der Waals surface area contributed by atoms with Crippen molar-refractivity contribution in [2.45, 2.75) is 51.0 Å². The molecule has 1 aromatic rings. The second-order valence-corrected chi connectivity index (χ2v) is 7.18. The van der Waals surface area contributed by atoms with Crippen LogP contribution in [-0.2, 0) is 0 Å². The summed E-state index contributed by atoms with van der Waals surface area (Å²) in [5.74, 6) is 0.516. The number of piperidine rings is 1. The van der Waals surface area contributed by atoms with Crippen LogP contribution in [0.1, 0.15) is 60.9 Å². The van der Waals surface area contributed by atoms with E-state index in [1.165, 1.54) is 51.6 Å². The number of amides is 1. The van der Waals surface area contributed by atoms with Gasteiger partial charge in [0.15, 0.2) is 0 Å². The molecular weight excluding hydrogens is 298 g/mol. The van der Waals surface area contributed by atoms with E-state index in [1.54, 1.807) is 24.3 Å². The first-order valence-electron chi connectivity index (χ1n) is 9.29. The van der Waals surface area contributed by atoms with Crippen LogP contribution in [0.15, 0.2) is 24.3 Å². The van der Waals surface area contributed by atoms with Gasteiger partial charge in [-0.15, -0.1) is 0 Å². The minimum Gasteiger partial charge on any atom is -0.349 e. The van der Waals surface area contributed by atoms with Gasteiger partial charge in [0, 0.05) is 18.2 Å². The van der Waals surface area contributed by atoms with Crippen LogP contribution in [0, 0.1) is 17.2 Å². The molecule has 4 heteroatoms. The number of rotatable bonds is 4. The van der Waals surface area contributed by atoms with Gasteiger partial charge in [-0.2, -0.15) is 5.26 Å². The van der Waals surface area contributed by atoms with Gasteiger partial charge in [-0.1, -0.05) is 25.3 Å². The second-order valence-electron chi connectivity index (χ2n) is 7.18. The Balaban J connectivity index is 1.62. The van der Waals surface area contributed by atoms with E-state index in [4.69, 9.17) is 5.26 Å². The summed E-state index contributed by atoms with van der Waals surface area (Å²) in [7, 11) is 0. The van der Waals surface area contributed by atoms with Crippen molar-refractivity contribution in [3.05, 3.63) is 35.4 Å². The predicted octanol–water partition coefficient (Wildman–Crippen LogP) is 3.33. The highest BCUT2D eigenvalue weighted by atomic mass is 16.1. The van der Waals surface area contributed by atoms with E-state index in [2.05, 4.69) is 16.3 Å². The number of likely N-dealkylation sites (tertiary alicyclic amines) is 1. The zero-order chi connectivity index (χ0) is 16.8. The van der Waals surface area contributed by atoms with Gasteiger partial charge in [0.25, 0.3) is 5.91 Å². The first-order valence-corrected chi connectivity index (χ1v) is 9.29. The predicted molar refractivity (Wildman–Crippen MR) is 94.7 cm³/mol. The Bertz CT molecular complexity index is 601. The lowest BCUT2D eigenvalue weighted by Crippen LogP contribution is -2.47. The number of nitriles is 1. The van der Waals surface area contributed by atoms with Crippen molar-refractivity contribution >= 4 is 5.91 Å². The van der Waals surface area contributed by atoms with Gasteiger partial charge in [0.05, 0.1) is 11.6 Å². The highest BCUT2D eigenvalue weighted by Gasteiger charge is 2.28. The lowest BCUT2D eigenvalue weighted by Gasteiger charge is -2.37. The monoisotopic (exact) mass is 325 g/mol. The number of carbonyl (C=O) groups is 1. The molecule has 1 N–H and O–H groups in total. The van der Waals surface area contributed by atoms with Gasteiger partial charge >= 0.3 is 0 Å². The first kappa shape index (κ1) is 17.0. The number of nitrogens with one attached hydrogen (secondary N) is 1. The van der Waals surface area contributed by atoms with E-state index in [1.807, 2.05) is 0 Å². The molecule has 2 atom stereocenters. The fourth-order valence-corrected chi connectivity index (χ4v) is 4.07. The summed E-state index contributed by atoms with van der Waals surface area (Å²) in [5.41, 5.74) is 1.13. The van der Waals surface area contributed by atoms with E-state index in [9.17, 15) is 4.79 Å². The van der Waals surface area contributed by atoms with Crippen molar-refractivity contribution in [3.8, 4) is 6.07 Å². The fourth-order valence-electron chi connectivity index (χ4n) is 4.07. The molecule has 1 saturated heterocycles. The average molecular weight is 325 g/mol.